The molecule has 3 aromatic rings. The van der Waals surface area contributed by atoms with E-state index in [0.29, 0.717) is 5.92 Å². The number of ether oxygens (including phenoxy) is 1. The summed E-state index contributed by atoms with van der Waals surface area (Å²) in [4.78, 5) is 0. The zero-order valence-electron chi connectivity index (χ0n) is 17.1. The maximum Gasteiger partial charge on any atom is 0.142 e. The van der Waals surface area contributed by atoms with Crippen molar-refractivity contribution in [2.24, 2.45) is 11.3 Å². The Bertz CT molecular complexity index is 1110. The Hall–Kier alpha value is -2.64. The van der Waals surface area contributed by atoms with E-state index in [-0.39, 0.29) is 5.41 Å². The van der Waals surface area contributed by atoms with E-state index in [1.165, 1.54) is 34.2 Å². The minimum atomic E-state index is -0.490. The molecule has 29 heavy (non-hydrogen) atoms. The summed E-state index contributed by atoms with van der Waals surface area (Å²) in [6.07, 6.45) is 4.79. The van der Waals surface area contributed by atoms with Gasteiger partial charge in [-0.15, -0.1) is 0 Å². The highest BCUT2D eigenvalue weighted by molar-refractivity contribution is 5.64. The van der Waals surface area contributed by atoms with Gasteiger partial charge in [0.1, 0.15) is 11.2 Å². The summed E-state index contributed by atoms with van der Waals surface area (Å²) in [6, 6.07) is 30.7. The lowest BCUT2D eigenvalue weighted by molar-refractivity contribution is -0.0650. The number of hydrogen-bond acceptors (Lipinski definition) is 1. The largest absolute Gasteiger partial charge is 0.345 e. The molecule has 1 fully saturated rings. The molecule has 2 aliphatic heterocycles. The van der Waals surface area contributed by atoms with Gasteiger partial charge in [-0.25, -0.2) is 0 Å². The standard InChI is InChI=1S/C28H26O/c1-26(2)19-11-18-24-25(26)28(21-14-7-4-8-15-21)23-17-10-9-16-22(23)27(24,29-28)20-12-5-3-6-13-20/h3-10,12-18,25H,11,19H2,1-2H3. The van der Waals surface area contributed by atoms with Gasteiger partial charge in [-0.2, -0.15) is 0 Å². The second kappa shape index (κ2) is 5.70. The molecule has 0 amide bonds. The van der Waals surface area contributed by atoms with Crippen molar-refractivity contribution in [3.05, 3.63) is 119 Å². The van der Waals surface area contributed by atoms with Crippen LogP contribution in [0.2, 0.25) is 0 Å². The fourth-order valence-corrected chi connectivity index (χ4v) is 6.41. The maximum absolute atomic E-state index is 7.40. The quantitative estimate of drug-likeness (QED) is 0.458. The van der Waals surface area contributed by atoms with E-state index >= 15 is 0 Å². The van der Waals surface area contributed by atoms with E-state index in [9.17, 15) is 0 Å². The fourth-order valence-electron chi connectivity index (χ4n) is 6.41. The van der Waals surface area contributed by atoms with E-state index in [1.54, 1.807) is 0 Å². The average molecular weight is 379 g/mol. The molecule has 6 rings (SSSR count). The third-order valence-electron chi connectivity index (χ3n) is 7.46. The molecule has 0 spiro atoms. The summed E-state index contributed by atoms with van der Waals surface area (Å²) < 4.78 is 7.40. The molecule has 3 aromatic carbocycles. The highest BCUT2D eigenvalue weighted by Gasteiger charge is 2.71. The Morgan fingerprint density at radius 3 is 2.00 bits per heavy atom. The Balaban J connectivity index is 1.76. The van der Waals surface area contributed by atoms with Gasteiger partial charge in [0, 0.05) is 5.92 Å². The van der Waals surface area contributed by atoms with Crippen molar-refractivity contribution in [2.75, 3.05) is 0 Å². The zero-order valence-corrected chi connectivity index (χ0v) is 17.1. The normalized spacial score (nSPS) is 31.1. The van der Waals surface area contributed by atoms with Crippen LogP contribution in [0.25, 0.3) is 0 Å². The summed E-state index contributed by atoms with van der Waals surface area (Å²) in [6.45, 7) is 4.86. The summed E-state index contributed by atoms with van der Waals surface area (Å²) in [7, 11) is 0. The monoisotopic (exact) mass is 378 g/mol. The number of hydrogen-bond donors (Lipinski definition) is 0. The van der Waals surface area contributed by atoms with E-state index < -0.39 is 11.2 Å². The maximum atomic E-state index is 7.40. The van der Waals surface area contributed by atoms with Crippen LogP contribution in [0.4, 0.5) is 0 Å². The molecule has 3 unspecified atom stereocenters. The Morgan fingerprint density at radius 1 is 0.724 bits per heavy atom. The van der Waals surface area contributed by atoms with E-state index in [1.807, 2.05) is 0 Å². The van der Waals surface area contributed by atoms with Gasteiger partial charge in [0.2, 0.25) is 0 Å². The topological polar surface area (TPSA) is 9.23 Å². The Labute approximate surface area is 173 Å². The first-order valence-corrected chi connectivity index (χ1v) is 10.7. The molecule has 0 saturated carbocycles. The van der Waals surface area contributed by atoms with Gasteiger partial charge >= 0.3 is 0 Å². The summed E-state index contributed by atoms with van der Waals surface area (Å²) in [5, 5.41) is 0. The predicted molar refractivity (Wildman–Crippen MR) is 117 cm³/mol. The third kappa shape index (κ3) is 1.99. The van der Waals surface area contributed by atoms with Crippen molar-refractivity contribution in [3.8, 4) is 0 Å². The molecular formula is C28H26O. The molecule has 1 saturated heterocycles. The molecular weight excluding hydrogens is 352 g/mol. The van der Waals surface area contributed by atoms with Crippen molar-refractivity contribution >= 4 is 0 Å². The minimum absolute atomic E-state index is 0.157. The molecule has 2 bridgehead atoms. The van der Waals surface area contributed by atoms with E-state index in [2.05, 4.69) is 105 Å². The van der Waals surface area contributed by atoms with Crippen molar-refractivity contribution in [3.63, 3.8) is 0 Å². The SMILES string of the molecule is CC1(C)CCC=C2C1C1(c3ccccc3)OC2(c2ccccc2)c2ccccc21. The first kappa shape index (κ1) is 17.2. The predicted octanol–water partition coefficient (Wildman–Crippen LogP) is 6.58. The van der Waals surface area contributed by atoms with Crippen molar-refractivity contribution in [2.45, 2.75) is 37.9 Å². The molecule has 3 atom stereocenters. The lowest BCUT2D eigenvalue weighted by atomic mass is 9.53. The van der Waals surface area contributed by atoms with Gasteiger partial charge in [0.15, 0.2) is 0 Å². The van der Waals surface area contributed by atoms with Crippen molar-refractivity contribution < 1.29 is 4.74 Å². The van der Waals surface area contributed by atoms with E-state index in [0.717, 1.165) is 6.42 Å². The smallest absolute Gasteiger partial charge is 0.142 e. The fraction of sp³-hybridized carbons (Fsp3) is 0.286. The minimum Gasteiger partial charge on any atom is -0.345 e. The molecule has 1 heteroatoms. The molecule has 0 N–H and O–H groups in total. The molecule has 0 radical (unpaired) electrons. The lowest BCUT2D eigenvalue weighted by Gasteiger charge is -2.47. The van der Waals surface area contributed by atoms with Crippen LogP contribution in [0.5, 0.6) is 0 Å². The molecule has 144 valence electrons. The highest BCUT2D eigenvalue weighted by atomic mass is 16.5. The third-order valence-corrected chi connectivity index (χ3v) is 7.46. The molecule has 1 aliphatic carbocycles. The van der Waals surface area contributed by atoms with Crippen LogP contribution < -0.4 is 0 Å². The second-order valence-electron chi connectivity index (χ2n) is 9.42. The van der Waals surface area contributed by atoms with Crippen LogP contribution in [0.3, 0.4) is 0 Å². The molecule has 3 aliphatic rings. The van der Waals surface area contributed by atoms with Crippen molar-refractivity contribution in [1.29, 1.82) is 0 Å². The average Bonchev–Trinajstić information content (AvgIpc) is 3.25. The van der Waals surface area contributed by atoms with E-state index in [4.69, 9.17) is 4.74 Å². The van der Waals surface area contributed by atoms with Gasteiger partial charge in [0.05, 0.1) is 0 Å². The number of benzene rings is 3. The van der Waals surface area contributed by atoms with Crippen LogP contribution in [-0.2, 0) is 15.9 Å². The number of fused-ring (bicyclic) bond motifs is 8. The molecule has 0 aromatic heterocycles. The zero-order chi connectivity index (χ0) is 19.7. The number of allylic oxidation sites excluding steroid dienone is 1. The number of rotatable bonds is 2. The highest BCUT2D eigenvalue weighted by Crippen LogP contribution is 2.72. The van der Waals surface area contributed by atoms with Crippen LogP contribution in [0.15, 0.2) is 96.6 Å². The molecule has 1 nitrogen and oxygen atoms in total. The van der Waals surface area contributed by atoms with Crippen LogP contribution >= 0.6 is 0 Å². The van der Waals surface area contributed by atoms with Gasteiger partial charge in [-0.1, -0.05) is 105 Å². The van der Waals surface area contributed by atoms with Crippen LogP contribution in [0.1, 0.15) is 48.9 Å². The van der Waals surface area contributed by atoms with Gasteiger partial charge < -0.3 is 4.74 Å². The lowest BCUT2D eigenvalue weighted by Crippen LogP contribution is -2.44. The first-order chi connectivity index (χ1) is 14.1. The van der Waals surface area contributed by atoms with Crippen LogP contribution in [0, 0.1) is 11.3 Å². The van der Waals surface area contributed by atoms with Gasteiger partial charge in [0.25, 0.3) is 0 Å². The summed E-state index contributed by atoms with van der Waals surface area (Å²) in [5.74, 6) is 0.321. The molecule has 2 heterocycles. The van der Waals surface area contributed by atoms with Gasteiger partial charge in [-0.05, 0) is 46.1 Å². The first-order valence-electron chi connectivity index (χ1n) is 10.7. The van der Waals surface area contributed by atoms with Gasteiger partial charge in [-0.3, -0.25) is 0 Å². The Kier molecular flexibility index (Phi) is 3.39. The Morgan fingerprint density at radius 2 is 1.31 bits per heavy atom. The summed E-state index contributed by atoms with van der Waals surface area (Å²) >= 11 is 0. The van der Waals surface area contributed by atoms with Crippen molar-refractivity contribution in [1.82, 2.24) is 0 Å². The van der Waals surface area contributed by atoms with Crippen LogP contribution in [-0.4, -0.2) is 0 Å². The summed E-state index contributed by atoms with van der Waals surface area (Å²) in [5.41, 5.74) is 5.86. The second-order valence-corrected chi connectivity index (χ2v) is 9.42.